The van der Waals surface area contributed by atoms with Crippen molar-refractivity contribution in [3.63, 3.8) is 0 Å². The number of ether oxygens (including phenoxy) is 1. The Morgan fingerprint density at radius 1 is 1.23 bits per heavy atom. The molecule has 1 aliphatic rings. The van der Waals surface area contributed by atoms with Crippen LogP contribution in [0.25, 0.3) is 0 Å². The SMILES string of the molecule is Fc1ccc(C2[CH]CCOC2)cc1. The van der Waals surface area contributed by atoms with E-state index in [9.17, 15) is 4.39 Å². The first-order chi connectivity index (χ1) is 6.36. The van der Waals surface area contributed by atoms with Crippen LogP contribution in [0.1, 0.15) is 17.9 Å². The van der Waals surface area contributed by atoms with Crippen LogP contribution in [0.5, 0.6) is 0 Å². The molecule has 1 unspecified atom stereocenters. The number of halogens is 1. The maximum atomic E-state index is 12.6. The van der Waals surface area contributed by atoms with Gasteiger partial charge in [-0.1, -0.05) is 12.1 Å². The highest BCUT2D eigenvalue weighted by atomic mass is 19.1. The van der Waals surface area contributed by atoms with Gasteiger partial charge in [-0.15, -0.1) is 0 Å². The largest absolute Gasteiger partial charge is 0.381 e. The van der Waals surface area contributed by atoms with Crippen LogP contribution in [-0.2, 0) is 4.74 Å². The quantitative estimate of drug-likeness (QED) is 0.643. The molecule has 13 heavy (non-hydrogen) atoms. The van der Waals surface area contributed by atoms with E-state index in [1.807, 2.05) is 12.1 Å². The molecule has 69 valence electrons. The smallest absolute Gasteiger partial charge is 0.123 e. The highest BCUT2D eigenvalue weighted by Gasteiger charge is 2.15. The Morgan fingerprint density at radius 2 is 2.00 bits per heavy atom. The molecule has 2 heteroatoms. The second-order valence-corrected chi connectivity index (χ2v) is 3.26. The third kappa shape index (κ3) is 2.07. The van der Waals surface area contributed by atoms with Crippen molar-refractivity contribution < 1.29 is 9.13 Å². The summed E-state index contributed by atoms with van der Waals surface area (Å²) in [7, 11) is 0. The van der Waals surface area contributed by atoms with Gasteiger partial charge in [-0.25, -0.2) is 4.39 Å². The van der Waals surface area contributed by atoms with E-state index in [2.05, 4.69) is 6.42 Å². The van der Waals surface area contributed by atoms with Crippen LogP contribution in [0, 0.1) is 12.2 Å². The molecule has 0 aromatic heterocycles. The van der Waals surface area contributed by atoms with Gasteiger partial charge in [0.25, 0.3) is 0 Å². The summed E-state index contributed by atoms with van der Waals surface area (Å²) in [5, 5.41) is 0. The van der Waals surface area contributed by atoms with Crippen LogP contribution >= 0.6 is 0 Å². The van der Waals surface area contributed by atoms with Crippen LogP contribution < -0.4 is 0 Å². The molecule has 0 N–H and O–H groups in total. The summed E-state index contributed by atoms with van der Waals surface area (Å²) in [6.45, 7) is 1.54. The summed E-state index contributed by atoms with van der Waals surface area (Å²) in [5.41, 5.74) is 1.14. The highest BCUT2D eigenvalue weighted by Crippen LogP contribution is 2.24. The number of benzene rings is 1. The molecule has 1 radical (unpaired) electrons. The fourth-order valence-corrected chi connectivity index (χ4v) is 1.57. The first-order valence-electron chi connectivity index (χ1n) is 4.53. The molecule has 0 bridgehead atoms. The van der Waals surface area contributed by atoms with Gasteiger partial charge in [-0.2, -0.15) is 0 Å². The molecular formula is C11H12FO. The Balaban J connectivity index is 2.10. The molecule has 1 heterocycles. The summed E-state index contributed by atoms with van der Waals surface area (Å²) in [6, 6.07) is 6.64. The third-order valence-electron chi connectivity index (χ3n) is 2.31. The number of hydrogen-bond donors (Lipinski definition) is 0. The maximum absolute atomic E-state index is 12.6. The molecule has 1 saturated heterocycles. The molecule has 0 saturated carbocycles. The lowest BCUT2D eigenvalue weighted by Crippen LogP contribution is -2.16. The van der Waals surface area contributed by atoms with E-state index in [1.54, 1.807) is 0 Å². The lowest BCUT2D eigenvalue weighted by molar-refractivity contribution is 0.103. The first-order valence-corrected chi connectivity index (χ1v) is 4.53. The van der Waals surface area contributed by atoms with Gasteiger partial charge in [0.15, 0.2) is 0 Å². The fourth-order valence-electron chi connectivity index (χ4n) is 1.57. The monoisotopic (exact) mass is 179 g/mol. The van der Waals surface area contributed by atoms with Crippen LogP contribution in [0.2, 0.25) is 0 Å². The molecule has 0 spiro atoms. The molecule has 2 rings (SSSR count). The summed E-state index contributed by atoms with van der Waals surface area (Å²) in [6.07, 6.45) is 3.22. The van der Waals surface area contributed by atoms with Crippen molar-refractivity contribution in [1.29, 1.82) is 0 Å². The van der Waals surface area contributed by atoms with Gasteiger partial charge in [-0.3, -0.25) is 0 Å². The van der Waals surface area contributed by atoms with Crippen molar-refractivity contribution >= 4 is 0 Å². The zero-order valence-corrected chi connectivity index (χ0v) is 7.37. The fraction of sp³-hybridized carbons (Fsp3) is 0.364. The predicted octanol–water partition coefficient (Wildman–Crippen LogP) is 2.53. The van der Waals surface area contributed by atoms with Gasteiger partial charge < -0.3 is 4.74 Å². The predicted molar refractivity (Wildman–Crippen MR) is 48.9 cm³/mol. The Labute approximate surface area is 77.5 Å². The molecule has 1 nitrogen and oxygen atoms in total. The molecule has 0 aliphatic carbocycles. The Morgan fingerprint density at radius 3 is 2.62 bits per heavy atom. The van der Waals surface area contributed by atoms with E-state index in [0.717, 1.165) is 25.2 Å². The van der Waals surface area contributed by atoms with Crippen LogP contribution in [-0.4, -0.2) is 13.2 Å². The van der Waals surface area contributed by atoms with Crippen molar-refractivity contribution in [2.45, 2.75) is 12.3 Å². The van der Waals surface area contributed by atoms with E-state index < -0.39 is 0 Å². The lowest BCUT2D eigenvalue weighted by atomic mass is 9.94. The average molecular weight is 179 g/mol. The molecule has 1 aliphatic heterocycles. The molecular weight excluding hydrogens is 167 g/mol. The second-order valence-electron chi connectivity index (χ2n) is 3.26. The average Bonchev–Trinajstić information content (AvgIpc) is 2.20. The van der Waals surface area contributed by atoms with Crippen LogP contribution in [0.4, 0.5) is 4.39 Å². The summed E-state index contributed by atoms with van der Waals surface area (Å²) < 4.78 is 18.0. The topological polar surface area (TPSA) is 9.23 Å². The van der Waals surface area contributed by atoms with E-state index >= 15 is 0 Å². The molecule has 0 amide bonds. The lowest BCUT2D eigenvalue weighted by Gasteiger charge is -2.21. The Hall–Kier alpha value is -0.890. The molecule has 1 aromatic rings. The summed E-state index contributed by atoms with van der Waals surface area (Å²) >= 11 is 0. The van der Waals surface area contributed by atoms with Gasteiger partial charge in [0.2, 0.25) is 0 Å². The second kappa shape index (κ2) is 3.88. The summed E-state index contributed by atoms with van der Waals surface area (Å²) in [5.74, 6) is 0.162. The summed E-state index contributed by atoms with van der Waals surface area (Å²) in [4.78, 5) is 0. The third-order valence-corrected chi connectivity index (χ3v) is 2.31. The molecule has 1 atom stereocenters. The van der Waals surface area contributed by atoms with E-state index in [4.69, 9.17) is 4.74 Å². The van der Waals surface area contributed by atoms with Crippen LogP contribution in [0.15, 0.2) is 24.3 Å². The van der Waals surface area contributed by atoms with E-state index in [0.29, 0.717) is 5.92 Å². The minimum atomic E-state index is -0.180. The van der Waals surface area contributed by atoms with Gasteiger partial charge in [0, 0.05) is 12.5 Å². The first kappa shape index (κ1) is 8.70. The van der Waals surface area contributed by atoms with Gasteiger partial charge >= 0.3 is 0 Å². The Kier molecular flexibility index (Phi) is 2.60. The normalized spacial score (nSPS) is 23.0. The zero-order valence-electron chi connectivity index (χ0n) is 7.37. The van der Waals surface area contributed by atoms with Crippen molar-refractivity contribution in [3.8, 4) is 0 Å². The van der Waals surface area contributed by atoms with Gasteiger partial charge in [0.1, 0.15) is 5.82 Å². The number of hydrogen-bond acceptors (Lipinski definition) is 1. The zero-order chi connectivity index (χ0) is 9.10. The standard InChI is InChI=1S/C11H12FO/c12-11-5-3-9(4-6-11)10-2-1-7-13-8-10/h2-6,10H,1,7-8H2. The highest BCUT2D eigenvalue weighted by molar-refractivity contribution is 5.23. The van der Waals surface area contributed by atoms with E-state index in [1.165, 1.54) is 12.1 Å². The minimum absolute atomic E-state index is 0.180. The molecule has 1 fully saturated rings. The van der Waals surface area contributed by atoms with Crippen molar-refractivity contribution in [2.75, 3.05) is 13.2 Å². The van der Waals surface area contributed by atoms with Crippen LogP contribution in [0.3, 0.4) is 0 Å². The van der Waals surface area contributed by atoms with Crippen molar-refractivity contribution in [3.05, 3.63) is 42.1 Å². The van der Waals surface area contributed by atoms with Gasteiger partial charge in [-0.05, 0) is 30.5 Å². The van der Waals surface area contributed by atoms with Crippen molar-refractivity contribution in [2.24, 2.45) is 0 Å². The molecule has 1 aromatic carbocycles. The Bertz CT molecular complexity index is 262. The van der Waals surface area contributed by atoms with Gasteiger partial charge in [0.05, 0.1) is 6.61 Å². The minimum Gasteiger partial charge on any atom is -0.381 e. The number of rotatable bonds is 1. The maximum Gasteiger partial charge on any atom is 0.123 e. The van der Waals surface area contributed by atoms with Crippen molar-refractivity contribution in [1.82, 2.24) is 0 Å². The van der Waals surface area contributed by atoms with E-state index in [-0.39, 0.29) is 5.82 Å².